The zero-order valence-corrected chi connectivity index (χ0v) is 13.9. The number of carbonyl (C=O) groups excluding carboxylic acids is 1. The summed E-state index contributed by atoms with van der Waals surface area (Å²) in [5.74, 6) is 0.206. The maximum Gasteiger partial charge on any atom is 0.323 e. The molecule has 2 N–H and O–H groups in total. The Morgan fingerprint density at radius 2 is 1.77 bits per heavy atom. The standard InChI is InChI=1S/C18H16N4O4/c1-26-17-12-15(22(24)25)8-9-16(17)20-18(23)19-13-4-6-14(7-5-13)21-10-2-3-11-21/h2-12H,1H3,(H2,19,20,23). The van der Waals surface area contributed by atoms with E-state index < -0.39 is 11.0 Å². The Morgan fingerprint density at radius 1 is 1.08 bits per heavy atom. The summed E-state index contributed by atoms with van der Waals surface area (Å²) in [7, 11) is 1.38. The van der Waals surface area contributed by atoms with Crippen molar-refractivity contribution in [2.75, 3.05) is 17.7 Å². The van der Waals surface area contributed by atoms with Gasteiger partial charge in [-0.3, -0.25) is 10.1 Å². The number of hydrogen-bond donors (Lipinski definition) is 2. The van der Waals surface area contributed by atoms with Crippen LogP contribution in [0.5, 0.6) is 5.75 Å². The summed E-state index contributed by atoms with van der Waals surface area (Å²) in [5.41, 5.74) is 1.80. The zero-order chi connectivity index (χ0) is 18.5. The molecule has 0 aliphatic carbocycles. The Bertz CT molecular complexity index is 921. The van der Waals surface area contributed by atoms with Crippen molar-refractivity contribution >= 4 is 23.1 Å². The number of benzene rings is 2. The fourth-order valence-corrected chi connectivity index (χ4v) is 2.40. The molecule has 1 heterocycles. The van der Waals surface area contributed by atoms with Crippen LogP contribution in [0.3, 0.4) is 0 Å². The first-order chi connectivity index (χ1) is 12.6. The average Bonchev–Trinajstić information content (AvgIpc) is 3.17. The van der Waals surface area contributed by atoms with Crippen molar-refractivity contribution in [3.8, 4) is 11.4 Å². The molecule has 2 aromatic carbocycles. The quantitative estimate of drug-likeness (QED) is 0.535. The lowest BCUT2D eigenvalue weighted by Gasteiger charge is -2.11. The van der Waals surface area contributed by atoms with Crippen LogP contribution in [0.4, 0.5) is 21.9 Å². The molecule has 132 valence electrons. The lowest BCUT2D eigenvalue weighted by Crippen LogP contribution is -2.19. The van der Waals surface area contributed by atoms with E-state index in [1.54, 1.807) is 12.1 Å². The number of amides is 2. The Hall–Kier alpha value is -3.81. The molecule has 3 rings (SSSR count). The van der Waals surface area contributed by atoms with E-state index in [-0.39, 0.29) is 11.4 Å². The smallest absolute Gasteiger partial charge is 0.323 e. The predicted octanol–water partition coefficient (Wildman–Crippen LogP) is 4.04. The SMILES string of the molecule is COc1cc([N+](=O)[O-])ccc1NC(=O)Nc1ccc(-n2cccc2)cc1. The number of ether oxygens (including phenoxy) is 1. The van der Waals surface area contributed by atoms with Crippen LogP contribution in [0, 0.1) is 10.1 Å². The molecule has 0 aliphatic rings. The summed E-state index contributed by atoms with van der Waals surface area (Å²) in [5, 5.41) is 16.1. The first-order valence-electron chi connectivity index (χ1n) is 7.70. The highest BCUT2D eigenvalue weighted by molar-refractivity contribution is 6.00. The topological polar surface area (TPSA) is 98.4 Å². The summed E-state index contributed by atoms with van der Waals surface area (Å²) in [6.45, 7) is 0. The highest BCUT2D eigenvalue weighted by Gasteiger charge is 2.13. The molecule has 2 amide bonds. The highest BCUT2D eigenvalue weighted by atomic mass is 16.6. The van der Waals surface area contributed by atoms with Crippen LogP contribution in [0.1, 0.15) is 0 Å². The molecule has 8 nitrogen and oxygen atoms in total. The van der Waals surface area contributed by atoms with Crippen molar-refractivity contribution < 1.29 is 14.5 Å². The summed E-state index contributed by atoms with van der Waals surface area (Å²) in [6, 6.07) is 14.7. The summed E-state index contributed by atoms with van der Waals surface area (Å²) in [6.07, 6.45) is 3.85. The van der Waals surface area contributed by atoms with Gasteiger partial charge in [-0.1, -0.05) is 0 Å². The van der Waals surface area contributed by atoms with Crippen LogP contribution in [0.25, 0.3) is 5.69 Å². The molecule has 8 heteroatoms. The minimum atomic E-state index is -0.529. The third kappa shape index (κ3) is 3.81. The molecule has 26 heavy (non-hydrogen) atoms. The second kappa shape index (κ2) is 7.39. The van der Waals surface area contributed by atoms with Gasteiger partial charge in [-0.2, -0.15) is 0 Å². The van der Waals surface area contributed by atoms with Gasteiger partial charge in [0.05, 0.1) is 23.8 Å². The van der Waals surface area contributed by atoms with E-state index in [9.17, 15) is 14.9 Å². The lowest BCUT2D eigenvalue weighted by molar-refractivity contribution is -0.384. The molecule has 0 spiro atoms. The van der Waals surface area contributed by atoms with Crippen molar-refractivity contribution in [3.63, 3.8) is 0 Å². The normalized spacial score (nSPS) is 10.2. The van der Waals surface area contributed by atoms with Crippen LogP contribution in [-0.2, 0) is 0 Å². The molecule has 1 aromatic heterocycles. The van der Waals surface area contributed by atoms with Crippen molar-refractivity contribution in [3.05, 3.63) is 77.1 Å². The highest BCUT2D eigenvalue weighted by Crippen LogP contribution is 2.29. The van der Waals surface area contributed by atoms with Crippen molar-refractivity contribution in [1.82, 2.24) is 4.57 Å². The van der Waals surface area contributed by atoms with Crippen molar-refractivity contribution in [2.24, 2.45) is 0 Å². The molecule has 0 bridgehead atoms. The number of rotatable bonds is 5. The molecule has 3 aromatic rings. The van der Waals surface area contributed by atoms with Gasteiger partial charge >= 0.3 is 6.03 Å². The van der Waals surface area contributed by atoms with E-state index in [1.165, 1.54) is 25.3 Å². The van der Waals surface area contributed by atoms with Gasteiger partial charge in [0.25, 0.3) is 5.69 Å². The average molecular weight is 352 g/mol. The third-order valence-corrected chi connectivity index (χ3v) is 3.67. The van der Waals surface area contributed by atoms with E-state index in [0.29, 0.717) is 11.4 Å². The number of carbonyl (C=O) groups is 1. The molecule has 0 unspecified atom stereocenters. The van der Waals surface area contributed by atoms with Crippen molar-refractivity contribution in [2.45, 2.75) is 0 Å². The van der Waals surface area contributed by atoms with Crippen LogP contribution >= 0.6 is 0 Å². The Balaban J connectivity index is 1.68. The lowest BCUT2D eigenvalue weighted by atomic mass is 10.2. The minimum Gasteiger partial charge on any atom is -0.494 e. The number of nitrogens with one attached hydrogen (secondary N) is 2. The number of non-ortho nitro benzene ring substituents is 1. The molecule has 0 radical (unpaired) electrons. The third-order valence-electron chi connectivity index (χ3n) is 3.67. The summed E-state index contributed by atoms with van der Waals surface area (Å²) >= 11 is 0. The van der Waals surface area contributed by atoms with Gasteiger partial charge in [-0.15, -0.1) is 0 Å². The molecule has 0 saturated heterocycles. The molecular formula is C18H16N4O4. The van der Waals surface area contributed by atoms with Crippen LogP contribution in [0.15, 0.2) is 67.0 Å². The van der Waals surface area contributed by atoms with E-state index in [0.717, 1.165) is 5.69 Å². The van der Waals surface area contributed by atoms with Gasteiger partial charge in [0.1, 0.15) is 5.75 Å². The fraction of sp³-hybridized carbons (Fsp3) is 0.0556. The van der Waals surface area contributed by atoms with Gasteiger partial charge in [-0.05, 0) is 42.5 Å². The summed E-state index contributed by atoms with van der Waals surface area (Å²) < 4.78 is 7.04. The molecular weight excluding hydrogens is 336 g/mol. The Kier molecular flexibility index (Phi) is 4.84. The van der Waals surface area contributed by atoms with E-state index >= 15 is 0 Å². The zero-order valence-electron chi connectivity index (χ0n) is 13.9. The molecule has 0 aliphatic heterocycles. The molecule has 0 saturated carbocycles. The molecule has 0 atom stereocenters. The monoisotopic (exact) mass is 352 g/mol. The van der Waals surface area contributed by atoms with Crippen LogP contribution < -0.4 is 15.4 Å². The number of nitrogens with zero attached hydrogens (tertiary/aromatic N) is 2. The van der Waals surface area contributed by atoms with E-state index in [1.807, 2.05) is 41.2 Å². The maximum absolute atomic E-state index is 12.2. The van der Waals surface area contributed by atoms with E-state index in [4.69, 9.17) is 4.74 Å². The van der Waals surface area contributed by atoms with Gasteiger partial charge in [0.15, 0.2) is 0 Å². The van der Waals surface area contributed by atoms with E-state index in [2.05, 4.69) is 10.6 Å². The van der Waals surface area contributed by atoms with Gasteiger partial charge in [0.2, 0.25) is 0 Å². The van der Waals surface area contributed by atoms with Crippen molar-refractivity contribution in [1.29, 1.82) is 0 Å². The van der Waals surface area contributed by atoms with Gasteiger partial charge in [0, 0.05) is 29.8 Å². The predicted molar refractivity (Wildman–Crippen MR) is 98.1 cm³/mol. The van der Waals surface area contributed by atoms with Gasteiger partial charge < -0.3 is 19.9 Å². The van der Waals surface area contributed by atoms with Gasteiger partial charge in [-0.25, -0.2) is 4.79 Å². The second-order valence-corrected chi connectivity index (χ2v) is 5.36. The largest absolute Gasteiger partial charge is 0.494 e. The number of nitro groups is 1. The van der Waals surface area contributed by atoms with Crippen LogP contribution in [-0.4, -0.2) is 22.6 Å². The molecule has 0 fully saturated rings. The number of anilines is 2. The Morgan fingerprint density at radius 3 is 2.38 bits per heavy atom. The fourth-order valence-electron chi connectivity index (χ4n) is 2.40. The first-order valence-corrected chi connectivity index (χ1v) is 7.70. The number of aromatic nitrogens is 1. The van der Waals surface area contributed by atoms with Crippen LogP contribution in [0.2, 0.25) is 0 Å². The Labute approximate surface area is 149 Å². The minimum absolute atomic E-state index is 0.117. The summed E-state index contributed by atoms with van der Waals surface area (Å²) in [4.78, 5) is 22.4. The number of methoxy groups -OCH3 is 1. The number of urea groups is 1. The second-order valence-electron chi connectivity index (χ2n) is 5.36. The number of nitro benzene ring substituents is 1. The number of hydrogen-bond acceptors (Lipinski definition) is 4. The maximum atomic E-state index is 12.2. The first kappa shape index (κ1) is 17.0.